The van der Waals surface area contributed by atoms with Gasteiger partial charge >= 0.3 is 0 Å². The van der Waals surface area contributed by atoms with E-state index in [1.54, 1.807) is 0 Å². The third-order valence-electron chi connectivity index (χ3n) is 2.71. The Kier molecular flexibility index (Phi) is 6.15. The molecule has 0 saturated carbocycles. The fraction of sp³-hybridized carbons (Fsp3) is 1.00. The minimum atomic E-state index is 0.346. The maximum atomic E-state index is 5.65. The van der Waals surface area contributed by atoms with Gasteiger partial charge in [0.05, 0.1) is 6.10 Å². The van der Waals surface area contributed by atoms with Gasteiger partial charge in [-0.3, -0.25) is 0 Å². The number of likely N-dealkylation sites (N-methyl/N-ethyl adjacent to an activating group) is 1. The molecule has 14 heavy (non-hydrogen) atoms. The third kappa shape index (κ3) is 4.94. The summed E-state index contributed by atoms with van der Waals surface area (Å²) in [5.74, 6) is 0. The molecule has 0 amide bonds. The smallest absolute Gasteiger partial charge is 0.0671 e. The zero-order valence-electron chi connectivity index (χ0n) is 9.59. The molecule has 3 heteroatoms. The van der Waals surface area contributed by atoms with E-state index in [4.69, 9.17) is 4.74 Å². The summed E-state index contributed by atoms with van der Waals surface area (Å²) in [7, 11) is 1.96. The lowest BCUT2D eigenvalue weighted by Crippen LogP contribution is -2.26. The molecule has 1 aliphatic rings. The van der Waals surface area contributed by atoms with Crippen LogP contribution in [0.3, 0.4) is 0 Å². The minimum absolute atomic E-state index is 0.346. The van der Waals surface area contributed by atoms with Crippen molar-refractivity contribution in [2.45, 2.75) is 32.3 Å². The van der Waals surface area contributed by atoms with Crippen molar-refractivity contribution < 1.29 is 4.74 Å². The highest BCUT2D eigenvalue weighted by atomic mass is 16.5. The molecule has 1 heterocycles. The van der Waals surface area contributed by atoms with Crippen LogP contribution in [-0.4, -0.2) is 50.8 Å². The lowest BCUT2D eigenvalue weighted by Gasteiger charge is -2.16. The van der Waals surface area contributed by atoms with Gasteiger partial charge in [0.15, 0.2) is 0 Å². The summed E-state index contributed by atoms with van der Waals surface area (Å²) < 4.78 is 5.65. The molecule has 1 fully saturated rings. The maximum Gasteiger partial charge on any atom is 0.0671 e. The first-order chi connectivity index (χ1) is 6.83. The Balaban J connectivity index is 1.88. The number of nitrogens with one attached hydrogen (secondary N) is 1. The molecule has 0 aromatic rings. The van der Waals surface area contributed by atoms with E-state index in [2.05, 4.69) is 17.1 Å². The van der Waals surface area contributed by atoms with Crippen molar-refractivity contribution in [1.82, 2.24) is 10.2 Å². The molecular weight excluding hydrogens is 176 g/mol. The van der Waals surface area contributed by atoms with Crippen LogP contribution < -0.4 is 5.32 Å². The Morgan fingerprint density at radius 2 is 2.07 bits per heavy atom. The van der Waals surface area contributed by atoms with Gasteiger partial charge in [-0.15, -0.1) is 0 Å². The highest BCUT2D eigenvalue weighted by Crippen LogP contribution is 2.07. The van der Waals surface area contributed by atoms with Crippen LogP contribution in [0.25, 0.3) is 0 Å². The lowest BCUT2D eigenvalue weighted by atomic mass is 10.4. The quantitative estimate of drug-likeness (QED) is 0.623. The number of hydrogen-bond donors (Lipinski definition) is 1. The van der Waals surface area contributed by atoms with Crippen molar-refractivity contribution in [2.75, 3.05) is 39.8 Å². The summed E-state index contributed by atoms with van der Waals surface area (Å²) >= 11 is 0. The molecule has 0 bridgehead atoms. The van der Waals surface area contributed by atoms with Gasteiger partial charge in [0.1, 0.15) is 0 Å². The van der Waals surface area contributed by atoms with Crippen molar-refractivity contribution in [2.24, 2.45) is 0 Å². The molecule has 0 aromatic carbocycles. The van der Waals surface area contributed by atoms with Gasteiger partial charge in [0, 0.05) is 19.7 Å². The predicted molar refractivity (Wildman–Crippen MR) is 59.6 cm³/mol. The van der Waals surface area contributed by atoms with Crippen molar-refractivity contribution >= 4 is 0 Å². The van der Waals surface area contributed by atoms with Crippen LogP contribution in [0.1, 0.15) is 26.2 Å². The molecule has 0 aliphatic carbocycles. The molecule has 0 spiro atoms. The SMILES string of the molecule is CNCC(C)OCCCN1CCCC1. The van der Waals surface area contributed by atoms with E-state index in [1.165, 1.54) is 38.9 Å². The van der Waals surface area contributed by atoms with Crippen LogP contribution in [0.4, 0.5) is 0 Å². The minimum Gasteiger partial charge on any atom is -0.377 e. The molecule has 1 saturated heterocycles. The second-order valence-electron chi connectivity index (χ2n) is 4.14. The molecular formula is C11H24N2O. The molecule has 1 N–H and O–H groups in total. The number of ether oxygens (including phenoxy) is 1. The largest absolute Gasteiger partial charge is 0.377 e. The number of likely N-dealkylation sites (tertiary alicyclic amines) is 1. The van der Waals surface area contributed by atoms with Crippen molar-refractivity contribution in [3.63, 3.8) is 0 Å². The zero-order chi connectivity index (χ0) is 10.2. The summed E-state index contributed by atoms with van der Waals surface area (Å²) in [6, 6.07) is 0. The average molecular weight is 200 g/mol. The van der Waals surface area contributed by atoms with E-state index in [0.29, 0.717) is 6.10 Å². The normalized spacial score (nSPS) is 20.1. The van der Waals surface area contributed by atoms with Crippen LogP contribution in [0.2, 0.25) is 0 Å². The Hall–Kier alpha value is -0.120. The second kappa shape index (κ2) is 7.21. The van der Waals surface area contributed by atoms with Crippen molar-refractivity contribution in [3.05, 3.63) is 0 Å². The van der Waals surface area contributed by atoms with E-state index in [-0.39, 0.29) is 0 Å². The summed E-state index contributed by atoms with van der Waals surface area (Å²) in [5, 5.41) is 3.11. The Labute approximate surface area is 87.8 Å². The van der Waals surface area contributed by atoms with Gasteiger partial charge < -0.3 is 15.0 Å². The average Bonchev–Trinajstić information content (AvgIpc) is 2.65. The third-order valence-corrected chi connectivity index (χ3v) is 2.71. The van der Waals surface area contributed by atoms with Gasteiger partial charge in [-0.25, -0.2) is 0 Å². The second-order valence-corrected chi connectivity index (χ2v) is 4.14. The lowest BCUT2D eigenvalue weighted by molar-refractivity contribution is 0.0612. The highest BCUT2D eigenvalue weighted by molar-refractivity contribution is 4.65. The molecule has 1 atom stereocenters. The summed E-state index contributed by atoms with van der Waals surface area (Å²) in [5.41, 5.74) is 0. The molecule has 0 aromatic heterocycles. The van der Waals surface area contributed by atoms with Crippen LogP contribution in [0.5, 0.6) is 0 Å². The van der Waals surface area contributed by atoms with Gasteiger partial charge in [-0.05, 0) is 46.3 Å². The van der Waals surface area contributed by atoms with E-state index >= 15 is 0 Å². The summed E-state index contributed by atoms with van der Waals surface area (Å²) in [6.45, 7) is 7.78. The van der Waals surface area contributed by atoms with Crippen LogP contribution in [0.15, 0.2) is 0 Å². The first-order valence-corrected chi connectivity index (χ1v) is 5.81. The molecule has 1 aliphatic heterocycles. The van der Waals surface area contributed by atoms with E-state index in [0.717, 1.165) is 13.2 Å². The van der Waals surface area contributed by atoms with Gasteiger partial charge in [-0.1, -0.05) is 0 Å². The maximum absolute atomic E-state index is 5.65. The first kappa shape index (κ1) is 12.0. The molecule has 1 rings (SSSR count). The zero-order valence-corrected chi connectivity index (χ0v) is 9.59. The molecule has 0 radical (unpaired) electrons. The predicted octanol–water partition coefficient (Wildman–Crippen LogP) is 1.10. The Morgan fingerprint density at radius 1 is 1.36 bits per heavy atom. The monoisotopic (exact) mass is 200 g/mol. The molecule has 1 unspecified atom stereocenters. The van der Waals surface area contributed by atoms with Crippen LogP contribution in [-0.2, 0) is 4.74 Å². The number of rotatable bonds is 7. The highest BCUT2D eigenvalue weighted by Gasteiger charge is 2.10. The van der Waals surface area contributed by atoms with Gasteiger partial charge in [0.2, 0.25) is 0 Å². The van der Waals surface area contributed by atoms with Crippen molar-refractivity contribution in [3.8, 4) is 0 Å². The van der Waals surface area contributed by atoms with Crippen molar-refractivity contribution in [1.29, 1.82) is 0 Å². The molecule has 3 nitrogen and oxygen atoms in total. The summed E-state index contributed by atoms with van der Waals surface area (Å²) in [6.07, 6.45) is 4.29. The van der Waals surface area contributed by atoms with Gasteiger partial charge in [-0.2, -0.15) is 0 Å². The first-order valence-electron chi connectivity index (χ1n) is 5.81. The fourth-order valence-corrected chi connectivity index (χ4v) is 1.93. The molecule has 84 valence electrons. The summed E-state index contributed by atoms with van der Waals surface area (Å²) in [4.78, 5) is 2.53. The van der Waals surface area contributed by atoms with E-state index in [1.807, 2.05) is 7.05 Å². The standard InChI is InChI=1S/C11H24N2O/c1-11(10-12-2)14-9-5-8-13-6-3-4-7-13/h11-12H,3-10H2,1-2H3. The van der Waals surface area contributed by atoms with Gasteiger partial charge in [0.25, 0.3) is 0 Å². The number of hydrogen-bond acceptors (Lipinski definition) is 3. The topological polar surface area (TPSA) is 24.5 Å². The van der Waals surface area contributed by atoms with E-state index < -0.39 is 0 Å². The van der Waals surface area contributed by atoms with Crippen LogP contribution in [0, 0.1) is 0 Å². The Morgan fingerprint density at radius 3 is 2.71 bits per heavy atom. The fourth-order valence-electron chi connectivity index (χ4n) is 1.93. The van der Waals surface area contributed by atoms with Crippen LogP contribution >= 0.6 is 0 Å². The number of nitrogens with zero attached hydrogens (tertiary/aromatic N) is 1. The van der Waals surface area contributed by atoms with E-state index in [9.17, 15) is 0 Å². The Bertz CT molecular complexity index is 135.